The van der Waals surface area contributed by atoms with Crippen LogP contribution in [0.2, 0.25) is 0 Å². The van der Waals surface area contributed by atoms with Gasteiger partial charge in [-0.1, -0.05) is 11.3 Å². The van der Waals surface area contributed by atoms with E-state index in [-0.39, 0.29) is 11.7 Å². The maximum Gasteiger partial charge on any atom is 0.416 e. The molecule has 10 heteroatoms. The molecule has 1 aliphatic rings. The normalized spacial score (nSPS) is 17.8. The second kappa shape index (κ2) is 6.91. The summed E-state index contributed by atoms with van der Waals surface area (Å²) in [6.45, 7) is 3.86. The predicted molar refractivity (Wildman–Crippen MR) is 100 cm³/mol. The minimum atomic E-state index is -4.38. The Hall–Kier alpha value is -2.93. The Morgan fingerprint density at radius 3 is 2.71 bits per heavy atom. The van der Waals surface area contributed by atoms with Crippen LogP contribution in [-0.4, -0.2) is 40.6 Å². The molecule has 6 nitrogen and oxygen atoms in total. The van der Waals surface area contributed by atoms with Crippen LogP contribution >= 0.6 is 11.3 Å². The van der Waals surface area contributed by atoms with Gasteiger partial charge in [-0.3, -0.25) is 0 Å². The Morgan fingerprint density at radius 1 is 1.21 bits per heavy atom. The Balaban J connectivity index is 1.57. The predicted octanol–water partition coefficient (Wildman–Crippen LogP) is 3.69. The molecule has 3 heterocycles. The van der Waals surface area contributed by atoms with Crippen molar-refractivity contribution in [2.75, 3.05) is 29.4 Å². The summed E-state index contributed by atoms with van der Waals surface area (Å²) >= 11 is 1.38. The highest BCUT2D eigenvalue weighted by Gasteiger charge is 2.32. The topological polar surface area (TPSA) is 68.9 Å². The largest absolute Gasteiger partial charge is 0.416 e. The Bertz CT molecular complexity index is 1060. The smallest absolute Gasteiger partial charge is 0.350 e. The number of nitriles is 1. The number of nitrogens with zero attached hydrogens (tertiary/aromatic N) is 6. The number of piperazine rings is 1. The molecule has 0 spiro atoms. The Labute approximate surface area is 162 Å². The zero-order valence-corrected chi connectivity index (χ0v) is 15.6. The van der Waals surface area contributed by atoms with Crippen molar-refractivity contribution in [3.05, 3.63) is 41.9 Å². The number of fused-ring (bicyclic) bond motifs is 1. The van der Waals surface area contributed by atoms with E-state index in [0.717, 1.165) is 16.8 Å². The van der Waals surface area contributed by atoms with Gasteiger partial charge in [0.15, 0.2) is 16.6 Å². The molecule has 1 fully saturated rings. The average Bonchev–Trinajstić information content (AvgIpc) is 3.10. The van der Waals surface area contributed by atoms with E-state index in [1.54, 1.807) is 6.20 Å². The fourth-order valence-corrected chi connectivity index (χ4v) is 4.36. The van der Waals surface area contributed by atoms with E-state index < -0.39 is 11.7 Å². The third kappa shape index (κ3) is 3.33. The van der Waals surface area contributed by atoms with E-state index in [0.29, 0.717) is 36.1 Å². The van der Waals surface area contributed by atoms with Gasteiger partial charge in [-0.15, -0.1) is 0 Å². The minimum absolute atomic E-state index is 0.0462. The van der Waals surface area contributed by atoms with E-state index in [4.69, 9.17) is 0 Å². The Morgan fingerprint density at radius 2 is 2.00 bits per heavy atom. The molecular weight excluding hydrogens is 389 g/mol. The molecule has 0 amide bonds. The molecule has 0 aliphatic carbocycles. The SMILES string of the molecule is CC1CN(c2nccnc2C#N)CCN1c1nc2cc(C(F)(F)F)ccc2s1. The molecule has 0 radical (unpaired) electrons. The lowest BCUT2D eigenvalue weighted by Crippen LogP contribution is -2.52. The first-order valence-electron chi connectivity index (χ1n) is 8.57. The van der Waals surface area contributed by atoms with Crippen molar-refractivity contribution in [3.8, 4) is 6.07 Å². The number of hydrogen-bond acceptors (Lipinski definition) is 7. The van der Waals surface area contributed by atoms with Crippen LogP contribution in [0.15, 0.2) is 30.6 Å². The van der Waals surface area contributed by atoms with Gasteiger partial charge in [0.2, 0.25) is 0 Å². The molecule has 1 aromatic carbocycles. The number of hydrogen-bond donors (Lipinski definition) is 0. The molecule has 1 aliphatic heterocycles. The van der Waals surface area contributed by atoms with Crippen LogP contribution in [0.4, 0.5) is 24.1 Å². The number of anilines is 2. The maximum atomic E-state index is 12.9. The molecule has 1 unspecified atom stereocenters. The van der Waals surface area contributed by atoms with E-state index in [1.807, 2.05) is 11.8 Å². The highest BCUT2D eigenvalue weighted by molar-refractivity contribution is 7.22. The first-order valence-corrected chi connectivity index (χ1v) is 9.39. The average molecular weight is 404 g/mol. The van der Waals surface area contributed by atoms with Gasteiger partial charge in [0.1, 0.15) is 6.07 Å². The highest BCUT2D eigenvalue weighted by atomic mass is 32.1. The summed E-state index contributed by atoms with van der Waals surface area (Å²) in [6.07, 6.45) is -1.34. The zero-order valence-electron chi connectivity index (χ0n) is 14.8. The molecule has 0 N–H and O–H groups in total. The number of alkyl halides is 3. The first-order chi connectivity index (χ1) is 13.4. The third-order valence-electron chi connectivity index (χ3n) is 4.66. The van der Waals surface area contributed by atoms with Crippen LogP contribution in [0, 0.1) is 11.3 Å². The van der Waals surface area contributed by atoms with Crippen molar-refractivity contribution >= 4 is 32.5 Å². The van der Waals surface area contributed by atoms with Crippen LogP contribution in [0.3, 0.4) is 0 Å². The standard InChI is InChI=1S/C18H15F3N6S/c1-11-10-26(16-14(9-22)23-4-5-24-16)6-7-27(11)17-25-13-8-12(18(19,20)21)2-3-15(13)28-17/h2-5,8,11H,6-7,10H2,1H3. The van der Waals surface area contributed by atoms with Gasteiger partial charge in [0.05, 0.1) is 15.8 Å². The summed E-state index contributed by atoms with van der Waals surface area (Å²) < 4.78 is 39.5. The summed E-state index contributed by atoms with van der Waals surface area (Å²) in [4.78, 5) is 16.8. The summed E-state index contributed by atoms with van der Waals surface area (Å²) in [5.41, 5.74) is -0.0608. The van der Waals surface area contributed by atoms with Crippen molar-refractivity contribution in [1.82, 2.24) is 15.0 Å². The zero-order chi connectivity index (χ0) is 19.9. The summed E-state index contributed by atoms with van der Waals surface area (Å²) in [5, 5.41) is 9.92. The Kier molecular flexibility index (Phi) is 4.55. The molecular formula is C18H15F3N6S. The van der Waals surface area contributed by atoms with E-state index in [2.05, 4.69) is 25.9 Å². The van der Waals surface area contributed by atoms with E-state index >= 15 is 0 Å². The fourth-order valence-electron chi connectivity index (χ4n) is 3.29. The van der Waals surface area contributed by atoms with Gasteiger partial charge in [0.25, 0.3) is 0 Å². The van der Waals surface area contributed by atoms with Gasteiger partial charge in [0, 0.05) is 38.1 Å². The lowest BCUT2D eigenvalue weighted by Gasteiger charge is -2.40. The quantitative estimate of drug-likeness (QED) is 0.649. The molecule has 2 aromatic heterocycles. The summed E-state index contributed by atoms with van der Waals surface area (Å²) in [6, 6.07) is 5.75. The monoisotopic (exact) mass is 404 g/mol. The lowest BCUT2D eigenvalue weighted by molar-refractivity contribution is -0.137. The fraction of sp³-hybridized carbons (Fsp3) is 0.333. The first kappa shape index (κ1) is 18.4. The molecule has 28 heavy (non-hydrogen) atoms. The summed E-state index contributed by atoms with van der Waals surface area (Å²) in [7, 11) is 0. The maximum absolute atomic E-state index is 12.9. The van der Waals surface area contributed by atoms with Gasteiger partial charge in [-0.25, -0.2) is 15.0 Å². The second-order valence-electron chi connectivity index (χ2n) is 6.51. The molecule has 0 saturated carbocycles. The molecule has 3 aromatic rings. The number of rotatable bonds is 2. The van der Waals surface area contributed by atoms with Crippen molar-refractivity contribution in [3.63, 3.8) is 0 Å². The number of halogens is 3. The third-order valence-corrected chi connectivity index (χ3v) is 5.73. The number of aromatic nitrogens is 3. The number of thiazole rings is 1. The molecule has 1 saturated heterocycles. The van der Waals surface area contributed by atoms with Gasteiger partial charge in [-0.05, 0) is 25.1 Å². The van der Waals surface area contributed by atoms with Crippen molar-refractivity contribution in [2.24, 2.45) is 0 Å². The van der Waals surface area contributed by atoms with Crippen molar-refractivity contribution in [1.29, 1.82) is 5.26 Å². The van der Waals surface area contributed by atoms with Crippen LogP contribution in [-0.2, 0) is 6.18 Å². The molecule has 1 atom stereocenters. The van der Waals surface area contributed by atoms with E-state index in [9.17, 15) is 18.4 Å². The second-order valence-corrected chi connectivity index (χ2v) is 7.51. The number of benzene rings is 1. The van der Waals surface area contributed by atoms with Crippen LogP contribution in [0.5, 0.6) is 0 Å². The molecule has 144 valence electrons. The van der Waals surface area contributed by atoms with Gasteiger partial charge in [-0.2, -0.15) is 18.4 Å². The molecule has 0 bridgehead atoms. The van der Waals surface area contributed by atoms with Gasteiger partial charge >= 0.3 is 6.18 Å². The van der Waals surface area contributed by atoms with Crippen molar-refractivity contribution in [2.45, 2.75) is 19.1 Å². The van der Waals surface area contributed by atoms with Crippen molar-refractivity contribution < 1.29 is 13.2 Å². The highest BCUT2D eigenvalue weighted by Crippen LogP contribution is 2.36. The van der Waals surface area contributed by atoms with Crippen LogP contribution in [0.1, 0.15) is 18.2 Å². The summed E-state index contributed by atoms with van der Waals surface area (Å²) in [5.74, 6) is 0.551. The van der Waals surface area contributed by atoms with E-state index in [1.165, 1.54) is 23.6 Å². The minimum Gasteiger partial charge on any atom is -0.350 e. The van der Waals surface area contributed by atoms with Crippen LogP contribution < -0.4 is 9.80 Å². The van der Waals surface area contributed by atoms with Gasteiger partial charge < -0.3 is 9.80 Å². The van der Waals surface area contributed by atoms with Crippen LogP contribution in [0.25, 0.3) is 10.2 Å². The lowest BCUT2D eigenvalue weighted by atomic mass is 10.2. The molecule has 4 rings (SSSR count).